The highest BCUT2D eigenvalue weighted by molar-refractivity contribution is 5.92. The minimum atomic E-state index is -0.000278. The van der Waals surface area contributed by atoms with Crippen LogP contribution in [0.1, 0.15) is 19.3 Å². The molecular weight excluding hydrogens is 266 g/mol. The molecule has 0 bridgehead atoms. The van der Waals surface area contributed by atoms with Crippen molar-refractivity contribution in [3.8, 4) is 5.75 Å². The van der Waals surface area contributed by atoms with E-state index in [2.05, 4.69) is 15.5 Å². The summed E-state index contributed by atoms with van der Waals surface area (Å²) in [6.07, 6.45) is 3.70. The monoisotopic (exact) mass is 289 g/mol. The van der Waals surface area contributed by atoms with E-state index in [9.17, 15) is 4.79 Å². The SMILES string of the molecule is COc1cccc(NC(=O)CNC2CCN3CCCC23)c1. The highest BCUT2D eigenvalue weighted by atomic mass is 16.5. The number of nitrogens with one attached hydrogen (secondary N) is 2. The van der Waals surface area contributed by atoms with Crippen molar-refractivity contribution in [2.24, 2.45) is 0 Å². The van der Waals surface area contributed by atoms with E-state index in [1.165, 1.54) is 25.9 Å². The van der Waals surface area contributed by atoms with E-state index in [0.717, 1.165) is 17.9 Å². The van der Waals surface area contributed by atoms with Gasteiger partial charge in [-0.3, -0.25) is 9.69 Å². The van der Waals surface area contributed by atoms with Gasteiger partial charge in [0.05, 0.1) is 13.7 Å². The third-order valence-corrected chi connectivity index (χ3v) is 4.48. The zero-order valence-electron chi connectivity index (χ0n) is 12.5. The number of hydrogen-bond acceptors (Lipinski definition) is 4. The predicted octanol–water partition coefficient (Wildman–Crippen LogP) is 1.46. The van der Waals surface area contributed by atoms with Crippen LogP contribution in [0, 0.1) is 0 Å². The Labute approximate surface area is 125 Å². The molecule has 0 spiro atoms. The van der Waals surface area contributed by atoms with Crippen molar-refractivity contribution in [3.63, 3.8) is 0 Å². The van der Waals surface area contributed by atoms with Gasteiger partial charge >= 0.3 is 0 Å². The molecule has 5 heteroatoms. The number of carbonyl (C=O) groups excluding carboxylic acids is 1. The summed E-state index contributed by atoms with van der Waals surface area (Å²) in [5.74, 6) is 0.748. The Bertz CT molecular complexity index is 506. The van der Waals surface area contributed by atoms with Gasteiger partial charge in [0.1, 0.15) is 5.75 Å². The fourth-order valence-electron chi connectivity index (χ4n) is 3.45. The van der Waals surface area contributed by atoms with Crippen molar-refractivity contribution >= 4 is 11.6 Å². The average molecular weight is 289 g/mol. The average Bonchev–Trinajstić information content (AvgIpc) is 3.09. The first-order valence-electron chi connectivity index (χ1n) is 7.67. The summed E-state index contributed by atoms with van der Waals surface area (Å²) in [5.41, 5.74) is 0.773. The Kier molecular flexibility index (Phi) is 4.41. The van der Waals surface area contributed by atoms with Crippen molar-refractivity contribution in [1.82, 2.24) is 10.2 Å². The molecule has 2 aliphatic heterocycles. The van der Waals surface area contributed by atoms with Crippen molar-refractivity contribution in [2.45, 2.75) is 31.3 Å². The number of methoxy groups -OCH3 is 1. The van der Waals surface area contributed by atoms with Gasteiger partial charge in [-0.1, -0.05) is 6.07 Å². The quantitative estimate of drug-likeness (QED) is 0.862. The van der Waals surface area contributed by atoms with E-state index in [-0.39, 0.29) is 5.91 Å². The minimum Gasteiger partial charge on any atom is -0.497 e. The molecule has 2 unspecified atom stereocenters. The van der Waals surface area contributed by atoms with Crippen molar-refractivity contribution in [1.29, 1.82) is 0 Å². The number of hydrogen-bond donors (Lipinski definition) is 2. The molecule has 5 nitrogen and oxygen atoms in total. The molecule has 0 aromatic heterocycles. The van der Waals surface area contributed by atoms with Crippen LogP contribution in [0.25, 0.3) is 0 Å². The van der Waals surface area contributed by atoms with Crippen LogP contribution >= 0.6 is 0 Å². The Hall–Kier alpha value is -1.59. The number of fused-ring (bicyclic) bond motifs is 1. The van der Waals surface area contributed by atoms with Gasteiger partial charge in [-0.15, -0.1) is 0 Å². The molecule has 2 fully saturated rings. The van der Waals surface area contributed by atoms with Crippen LogP contribution in [0.3, 0.4) is 0 Å². The van der Waals surface area contributed by atoms with Crippen LogP contribution in [0.4, 0.5) is 5.69 Å². The molecule has 1 aromatic rings. The number of nitrogens with zero attached hydrogens (tertiary/aromatic N) is 1. The van der Waals surface area contributed by atoms with Gasteiger partial charge < -0.3 is 15.4 Å². The number of benzene rings is 1. The smallest absolute Gasteiger partial charge is 0.238 e. The second-order valence-corrected chi connectivity index (χ2v) is 5.80. The standard InChI is InChI=1S/C16H23N3O2/c1-21-13-5-2-4-12(10-13)18-16(20)11-17-14-7-9-19-8-3-6-15(14)19/h2,4-5,10,14-15,17H,3,6-9,11H2,1H3,(H,18,20). The van der Waals surface area contributed by atoms with Crippen LogP contribution in [0.15, 0.2) is 24.3 Å². The molecule has 2 saturated heterocycles. The summed E-state index contributed by atoms with van der Waals surface area (Å²) in [6.45, 7) is 2.75. The molecule has 114 valence electrons. The van der Waals surface area contributed by atoms with Crippen molar-refractivity contribution in [3.05, 3.63) is 24.3 Å². The second kappa shape index (κ2) is 6.45. The van der Waals surface area contributed by atoms with Crippen LogP contribution in [-0.2, 0) is 4.79 Å². The fourth-order valence-corrected chi connectivity index (χ4v) is 3.45. The molecule has 2 atom stereocenters. The van der Waals surface area contributed by atoms with Crippen LogP contribution in [0.5, 0.6) is 5.75 Å². The molecule has 21 heavy (non-hydrogen) atoms. The predicted molar refractivity (Wildman–Crippen MR) is 82.6 cm³/mol. The van der Waals surface area contributed by atoms with E-state index in [1.54, 1.807) is 7.11 Å². The van der Waals surface area contributed by atoms with E-state index >= 15 is 0 Å². The van der Waals surface area contributed by atoms with E-state index in [1.807, 2.05) is 24.3 Å². The molecule has 2 heterocycles. The van der Waals surface area contributed by atoms with Crippen LogP contribution in [0.2, 0.25) is 0 Å². The Morgan fingerprint density at radius 2 is 2.29 bits per heavy atom. The molecule has 2 aliphatic rings. The maximum absolute atomic E-state index is 12.0. The maximum atomic E-state index is 12.0. The van der Waals surface area contributed by atoms with Crippen LogP contribution in [-0.4, -0.2) is 49.6 Å². The number of anilines is 1. The summed E-state index contributed by atoms with van der Waals surface area (Å²) < 4.78 is 5.15. The lowest BCUT2D eigenvalue weighted by Gasteiger charge is -2.21. The van der Waals surface area contributed by atoms with Crippen LogP contribution < -0.4 is 15.4 Å². The normalized spacial score (nSPS) is 24.8. The van der Waals surface area contributed by atoms with E-state index in [0.29, 0.717) is 18.6 Å². The summed E-state index contributed by atoms with van der Waals surface area (Å²) in [6, 6.07) is 8.52. The van der Waals surface area contributed by atoms with Crippen molar-refractivity contribution in [2.75, 3.05) is 32.1 Å². The second-order valence-electron chi connectivity index (χ2n) is 5.80. The fraction of sp³-hybridized carbons (Fsp3) is 0.562. The van der Waals surface area contributed by atoms with E-state index in [4.69, 9.17) is 4.74 Å². The highest BCUT2D eigenvalue weighted by Gasteiger charge is 2.36. The lowest BCUT2D eigenvalue weighted by molar-refractivity contribution is -0.115. The van der Waals surface area contributed by atoms with Gasteiger partial charge in [0.25, 0.3) is 0 Å². The maximum Gasteiger partial charge on any atom is 0.238 e. The third kappa shape index (κ3) is 3.36. The van der Waals surface area contributed by atoms with Gasteiger partial charge in [-0.25, -0.2) is 0 Å². The molecule has 1 aromatic carbocycles. The zero-order valence-corrected chi connectivity index (χ0v) is 12.5. The summed E-state index contributed by atoms with van der Waals surface area (Å²) in [7, 11) is 1.62. The molecule has 0 saturated carbocycles. The molecular formula is C16H23N3O2. The van der Waals surface area contributed by atoms with Gasteiger partial charge in [0.2, 0.25) is 5.91 Å². The lowest BCUT2D eigenvalue weighted by atomic mass is 10.1. The summed E-state index contributed by atoms with van der Waals surface area (Å²) >= 11 is 0. The van der Waals surface area contributed by atoms with Gasteiger partial charge in [0, 0.05) is 30.4 Å². The molecule has 0 aliphatic carbocycles. The number of amides is 1. The van der Waals surface area contributed by atoms with Crippen molar-refractivity contribution < 1.29 is 9.53 Å². The molecule has 3 rings (SSSR count). The first kappa shape index (κ1) is 14.4. The first-order valence-corrected chi connectivity index (χ1v) is 7.67. The van der Waals surface area contributed by atoms with Gasteiger partial charge in [-0.2, -0.15) is 0 Å². The molecule has 2 N–H and O–H groups in total. The first-order chi connectivity index (χ1) is 10.3. The van der Waals surface area contributed by atoms with Gasteiger partial charge in [0.15, 0.2) is 0 Å². The Balaban J connectivity index is 1.48. The minimum absolute atomic E-state index is 0.000278. The molecule has 1 amide bonds. The summed E-state index contributed by atoms with van der Waals surface area (Å²) in [4.78, 5) is 14.6. The number of rotatable bonds is 5. The zero-order chi connectivity index (χ0) is 14.7. The Morgan fingerprint density at radius 3 is 3.14 bits per heavy atom. The summed E-state index contributed by atoms with van der Waals surface area (Å²) in [5, 5.41) is 6.32. The van der Waals surface area contributed by atoms with E-state index < -0.39 is 0 Å². The third-order valence-electron chi connectivity index (χ3n) is 4.48. The Morgan fingerprint density at radius 1 is 1.38 bits per heavy atom. The van der Waals surface area contributed by atoms with Gasteiger partial charge in [-0.05, 0) is 37.9 Å². The topological polar surface area (TPSA) is 53.6 Å². The largest absolute Gasteiger partial charge is 0.497 e. The molecule has 0 radical (unpaired) electrons. The lowest BCUT2D eigenvalue weighted by Crippen LogP contribution is -2.42. The highest BCUT2D eigenvalue weighted by Crippen LogP contribution is 2.27. The number of ether oxygens (including phenoxy) is 1. The number of carbonyl (C=O) groups is 1.